The lowest BCUT2D eigenvalue weighted by Gasteiger charge is -2.01. The van der Waals surface area contributed by atoms with Crippen molar-refractivity contribution in [3.05, 3.63) is 29.6 Å². The van der Waals surface area contributed by atoms with Crippen LogP contribution in [-0.2, 0) is 6.42 Å². The quantitative estimate of drug-likeness (QED) is 0.720. The van der Waals surface area contributed by atoms with Gasteiger partial charge < -0.3 is 10.2 Å². The third-order valence-corrected chi connectivity index (χ3v) is 1.63. The highest BCUT2D eigenvalue weighted by Crippen LogP contribution is 2.16. The number of hydrogen-bond acceptors (Lipinski definition) is 2. The minimum atomic E-state index is -0.332. The first-order chi connectivity index (χ1) is 5.74. The van der Waals surface area contributed by atoms with E-state index in [0.29, 0.717) is 18.4 Å². The van der Waals surface area contributed by atoms with Crippen molar-refractivity contribution in [2.45, 2.75) is 12.8 Å². The Balaban J connectivity index is 2.75. The van der Waals surface area contributed by atoms with E-state index in [1.54, 1.807) is 0 Å². The van der Waals surface area contributed by atoms with Gasteiger partial charge in [0.15, 0.2) is 0 Å². The van der Waals surface area contributed by atoms with E-state index in [-0.39, 0.29) is 18.2 Å². The van der Waals surface area contributed by atoms with E-state index in [0.717, 1.165) is 0 Å². The summed E-state index contributed by atoms with van der Waals surface area (Å²) in [5.41, 5.74) is 0.448. The summed E-state index contributed by atoms with van der Waals surface area (Å²) >= 11 is 0. The van der Waals surface area contributed by atoms with Gasteiger partial charge in [-0.05, 0) is 36.6 Å². The molecule has 0 bridgehead atoms. The van der Waals surface area contributed by atoms with Crippen LogP contribution in [0, 0.1) is 5.82 Å². The zero-order valence-electron chi connectivity index (χ0n) is 6.63. The fourth-order valence-corrected chi connectivity index (χ4v) is 1.02. The van der Waals surface area contributed by atoms with Gasteiger partial charge in [-0.1, -0.05) is 0 Å². The molecule has 2 nitrogen and oxygen atoms in total. The third kappa shape index (κ3) is 2.20. The van der Waals surface area contributed by atoms with Gasteiger partial charge in [0.1, 0.15) is 11.6 Å². The Bertz CT molecular complexity index is 261. The highest BCUT2D eigenvalue weighted by molar-refractivity contribution is 5.28. The zero-order valence-corrected chi connectivity index (χ0v) is 6.63. The van der Waals surface area contributed by atoms with E-state index in [1.165, 1.54) is 18.2 Å². The molecule has 0 saturated heterocycles. The highest BCUT2D eigenvalue weighted by Gasteiger charge is 2.01. The van der Waals surface area contributed by atoms with Crippen molar-refractivity contribution in [3.63, 3.8) is 0 Å². The molecule has 3 heteroatoms. The van der Waals surface area contributed by atoms with Gasteiger partial charge >= 0.3 is 0 Å². The smallest absolute Gasteiger partial charge is 0.126 e. The molecule has 0 saturated carbocycles. The van der Waals surface area contributed by atoms with Crippen LogP contribution < -0.4 is 0 Å². The van der Waals surface area contributed by atoms with E-state index in [4.69, 9.17) is 10.2 Å². The van der Waals surface area contributed by atoms with Gasteiger partial charge in [-0.25, -0.2) is 4.39 Å². The number of benzene rings is 1. The van der Waals surface area contributed by atoms with Crippen molar-refractivity contribution < 1.29 is 14.6 Å². The van der Waals surface area contributed by atoms with Crippen LogP contribution in [-0.4, -0.2) is 16.8 Å². The summed E-state index contributed by atoms with van der Waals surface area (Å²) in [5, 5.41) is 17.5. The lowest BCUT2D eigenvalue weighted by Crippen LogP contribution is -1.92. The van der Waals surface area contributed by atoms with Crippen LogP contribution in [0.5, 0.6) is 5.75 Å². The van der Waals surface area contributed by atoms with Crippen molar-refractivity contribution in [3.8, 4) is 5.75 Å². The molecule has 0 fully saturated rings. The first kappa shape index (κ1) is 9.00. The normalized spacial score (nSPS) is 10.2. The molecule has 0 radical (unpaired) electrons. The van der Waals surface area contributed by atoms with E-state index in [9.17, 15) is 4.39 Å². The molecule has 0 aliphatic heterocycles. The molecule has 12 heavy (non-hydrogen) atoms. The molecule has 0 aliphatic carbocycles. The summed E-state index contributed by atoms with van der Waals surface area (Å²) < 4.78 is 12.9. The monoisotopic (exact) mass is 170 g/mol. The average molecular weight is 170 g/mol. The number of phenolic OH excluding ortho intramolecular Hbond substituents is 1. The Kier molecular flexibility index (Phi) is 3.05. The van der Waals surface area contributed by atoms with Crippen LogP contribution in [0.3, 0.4) is 0 Å². The number of aliphatic hydroxyl groups is 1. The van der Waals surface area contributed by atoms with Gasteiger partial charge in [0.25, 0.3) is 0 Å². The maximum atomic E-state index is 12.9. The number of aryl methyl sites for hydroxylation is 1. The highest BCUT2D eigenvalue weighted by atomic mass is 19.1. The van der Waals surface area contributed by atoms with E-state index in [2.05, 4.69) is 0 Å². The molecule has 0 aliphatic rings. The van der Waals surface area contributed by atoms with Gasteiger partial charge in [-0.2, -0.15) is 0 Å². The van der Waals surface area contributed by atoms with Crippen molar-refractivity contribution in [1.29, 1.82) is 0 Å². The zero-order chi connectivity index (χ0) is 8.97. The van der Waals surface area contributed by atoms with Crippen LogP contribution in [0.15, 0.2) is 18.2 Å². The van der Waals surface area contributed by atoms with Gasteiger partial charge in [0, 0.05) is 6.61 Å². The molecule has 0 atom stereocenters. The number of aliphatic hydroxyl groups excluding tert-OH is 1. The van der Waals surface area contributed by atoms with Gasteiger partial charge in [0.2, 0.25) is 0 Å². The molecular formula is C9H11FO2. The van der Waals surface area contributed by atoms with Gasteiger partial charge in [-0.3, -0.25) is 0 Å². The molecule has 1 aromatic rings. The molecule has 0 unspecified atom stereocenters. The van der Waals surface area contributed by atoms with Crippen molar-refractivity contribution in [2.24, 2.45) is 0 Å². The lowest BCUT2D eigenvalue weighted by molar-refractivity contribution is 0.288. The molecule has 0 spiro atoms. The number of aromatic hydroxyl groups is 1. The fourth-order valence-electron chi connectivity index (χ4n) is 1.02. The SMILES string of the molecule is OCCCc1cc(O)ccc1F. The summed E-state index contributed by atoms with van der Waals surface area (Å²) in [6.45, 7) is 0.0368. The Morgan fingerprint density at radius 3 is 2.75 bits per heavy atom. The maximum Gasteiger partial charge on any atom is 0.126 e. The molecule has 2 N–H and O–H groups in total. The maximum absolute atomic E-state index is 12.9. The number of rotatable bonds is 3. The number of hydrogen-bond donors (Lipinski definition) is 2. The Hall–Kier alpha value is -1.09. The first-order valence-corrected chi connectivity index (χ1v) is 3.82. The third-order valence-electron chi connectivity index (χ3n) is 1.63. The van der Waals surface area contributed by atoms with Crippen LogP contribution in [0.25, 0.3) is 0 Å². The Morgan fingerprint density at radius 1 is 1.33 bits per heavy atom. The minimum absolute atomic E-state index is 0.0368. The average Bonchev–Trinajstić information content (AvgIpc) is 2.07. The summed E-state index contributed by atoms with van der Waals surface area (Å²) in [5.74, 6) is -0.273. The van der Waals surface area contributed by atoms with Crippen LogP contribution in [0.2, 0.25) is 0 Å². The predicted octanol–water partition coefficient (Wildman–Crippen LogP) is 1.46. The van der Waals surface area contributed by atoms with Gasteiger partial charge in [0.05, 0.1) is 0 Å². The van der Waals surface area contributed by atoms with Crippen LogP contribution in [0.4, 0.5) is 4.39 Å². The summed E-state index contributed by atoms with van der Waals surface area (Å²) in [7, 11) is 0. The summed E-state index contributed by atoms with van der Waals surface area (Å²) in [4.78, 5) is 0. The molecule has 66 valence electrons. The van der Waals surface area contributed by atoms with Crippen LogP contribution in [0.1, 0.15) is 12.0 Å². The standard InChI is InChI=1S/C9H11FO2/c10-9-4-3-8(12)6-7(9)2-1-5-11/h3-4,6,11-12H,1-2,5H2. The second-order valence-corrected chi connectivity index (χ2v) is 2.60. The van der Waals surface area contributed by atoms with E-state index in [1.807, 2.05) is 0 Å². The van der Waals surface area contributed by atoms with E-state index >= 15 is 0 Å². The molecule has 0 aromatic heterocycles. The minimum Gasteiger partial charge on any atom is -0.508 e. The van der Waals surface area contributed by atoms with Crippen molar-refractivity contribution in [1.82, 2.24) is 0 Å². The lowest BCUT2D eigenvalue weighted by atomic mass is 10.1. The molecular weight excluding hydrogens is 159 g/mol. The second-order valence-electron chi connectivity index (χ2n) is 2.60. The second kappa shape index (κ2) is 4.07. The molecule has 0 amide bonds. The van der Waals surface area contributed by atoms with Gasteiger partial charge in [-0.15, -0.1) is 0 Å². The topological polar surface area (TPSA) is 40.5 Å². The Labute approximate surface area is 70.3 Å². The summed E-state index contributed by atoms with van der Waals surface area (Å²) in [6.07, 6.45) is 0.969. The molecule has 1 aromatic carbocycles. The largest absolute Gasteiger partial charge is 0.508 e. The summed E-state index contributed by atoms with van der Waals surface area (Å²) in [6, 6.07) is 3.91. The predicted molar refractivity (Wildman–Crippen MR) is 43.5 cm³/mol. The molecule has 1 rings (SSSR count). The number of phenols is 1. The van der Waals surface area contributed by atoms with Crippen molar-refractivity contribution >= 4 is 0 Å². The first-order valence-electron chi connectivity index (χ1n) is 3.82. The van der Waals surface area contributed by atoms with E-state index < -0.39 is 0 Å². The fraction of sp³-hybridized carbons (Fsp3) is 0.333. The molecule has 0 heterocycles. The number of halogens is 1. The Morgan fingerprint density at radius 2 is 2.08 bits per heavy atom. The van der Waals surface area contributed by atoms with Crippen LogP contribution >= 0.6 is 0 Å². The van der Waals surface area contributed by atoms with Crippen molar-refractivity contribution in [2.75, 3.05) is 6.61 Å².